The first-order valence-electron chi connectivity index (χ1n) is 4.21. The van der Waals surface area contributed by atoms with Crippen LogP contribution in [0.2, 0.25) is 0 Å². The fourth-order valence-corrected chi connectivity index (χ4v) is 0.678. The molecule has 0 saturated carbocycles. The van der Waals surface area contributed by atoms with Crippen LogP contribution in [0.3, 0.4) is 0 Å². The molecule has 72 valence electrons. The van der Waals surface area contributed by atoms with Crippen LogP contribution in [0.15, 0.2) is 36.3 Å². The number of hydrogen-bond donors (Lipinski definition) is 0. The Bertz CT molecular complexity index is 259. The molecule has 0 heterocycles. The van der Waals surface area contributed by atoms with Crippen LogP contribution in [0, 0.1) is 0 Å². The van der Waals surface area contributed by atoms with Crippen molar-refractivity contribution in [2.45, 2.75) is 27.2 Å². The number of ketones is 1. The molecule has 0 aliphatic rings. The normalized spacial score (nSPS) is 10.8. The van der Waals surface area contributed by atoms with Gasteiger partial charge in [-0.1, -0.05) is 25.7 Å². The van der Waals surface area contributed by atoms with E-state index in [0.717, 1.165) is 12.0 Å². The van der Waals surface area contributed by atoms with Crippen molar-refractivity contribution in [2.24, 2.45) is 0 Å². The number of ether oxygens (including phenoxy) is 1. The molecule has 13 heavy (non-hydrogen) atoms. The van der Waals surface area contributed by atoms with Gasteiger partial charge in [0, 0.05) is 6.92 Å². The molecule has 0 radical (unpaired) electrons. The van der Waals surface area contributed by atoms with Crippen molar-refractivity contribution in [1.29, 1.82) is 0 Å². The Labute approximate surface area is 79.6 Å². The van der Waals surface area contributed by atoms with E-state index in [-0.39, 0.29) is 5.78 Å². The van der Waals surface area contributed by atoms with Crippen LogP contribution < -0.4 is 0 Å². The first-order chi connectivity index (χ1) is 5.97. The van der Waals surface area contributed by atoms with Crippen LogP contribution in [0.25, 0.3) is 0 Å². The quantitative estimate of drug-likeness (QED) is 0.369. The molecule has 0 saturated heterocycles. The van der Waals surface area contributed by atoms with Gasteiger partial charge in [0.25, 0.3) is 0 Å². The average molecular weight is 180 g/mol. The molecule has 0 aliphatic carbocycles. The molecule has 0 bridgehead atoms. The van der Waals surface area contributed by atoms with Gasteiger partial charge in [0.1, 0.15) is 0 Å². The molecule has 0 unspecified atom stereocenters. The van der Waals surface area contributed by atoms with Gasteiger partial charge in [0.2, 0.25) is 0 Å². The molecule has 0 fully saturated rings. The van der Waals surface area contributed by atoms with Gasteiger partial charge in [0.15, 0.2) is 11.5 Å². The predicted octanol–water partition coefficient (Wildman–Crippen LogP) is 2.98. The SMILES string of the molecule is C=C(C=C(OC(=C)C)C(C)=O)CC. The standard InChI is InChI=1S/C11H16O2/c1-6-9(4)7-11(10(5)12)13-8(2)3/h7H,2,4,6H2,1,3,5H3. The van der Waals surface area contributed by atoms with E-state index in [1.54, 1.807) is 13.0 Å². The molecule has 0 atom stereocenters. The highest BCUT2D eigenvalue weighted by molar-refractivity contribution is 5.91. The van der Waals surface area contributed by atoms with Crippen LogP contribution in [-0.2, 0) is 9.53 Å². The Morgan fingerprint density at radius 3 is 2.23 bits per heavy atom. The van der Waals surface area contributed by atoms with Crippen molar-refractivity contribution in [1.82, 2.24) is 0 Å². The Kier molecular flexibility index (Phi) is 4.82. The second-order valence-electron chi connectivity index (χ2n) is 2.88. The summed E-state index contributed by atoms with van der Waals surface area (Å²) in [6, 6.07) is 0. The maximum Gasteiger partial charge on any atom is 0.194 e. The van der Waals surface area contributed by atoms with Gasteiger partial charge in [-0.25, -0.2) is 0 Å². The summed E-state index contributed by atoms with van der Waals surface area (Å²) in [6.07, 6.45) is 2.45. The van der Waals surface area contributed by atoms with Gasteiger partial charge in [-0.05, 0) is 19.4 Å². The van der Waals surface area contributed by atoms with E-state index in [9.17, 15) is 4.79 Å². The van der Waals surface area contributed by atoms with E-state index in [1.165, 1.54) is 6.92 Å². The third-order valence-corrected chi connectivity index (χ3v) is 1.42. The maximum absolute atomic E-state index is 11.1. The van der Waals surface area contributed by atoms with Crippen LogP contribution in [0.5, 0.6) is 0 Å². The largest absolute Gasteiger partial charge is 0.459 e. The van der Waals surface area contributed by atoms with Crippen LogP contribution >= 0.6 is 0 Å². The van der Waals surface area contributed by atoms with E-state index >= 15 is 0 Å². The van der Waals surface area contributed by atoms with Crippen LogP contribution in [0.1, 0.15) is 27.2 Å². The minimum Gasteiger partial charge on any atom is -0.459 e. The molecule has 0 spiro atoms. The summed E-state index contributed by atoms with van der Waals surface area (Å²) in [4.78, 5) is 11.1. The molecular weight excluding hydrogens is 164 g/mol. The number of hydrogen-bond acceptors (Lipinski definition) is 2. The minimum atomic E-state index is -0.113. The lowest BCUT2D eigenvalue weighted by atomic mass is 10.2. The Morgan fingerprint density at radius 2 is 1.92 bits per heavy atom. The van der Waals surface area contributed by atoms with Crippen molar-refractivity contribution < 1.29 is 9.53 Å². The number of rotatable bonds is 5. The van der Waals surface area contributed by atoms with Crippen molar-refractivity contribution in [3.63, 3.8) is 0 Å². The Balaban J connectivity index is 4.60. The molecule has 0 aromatic heterocycles. The topological polar surface area (TPSA) is 26.3 Å². The summed E-state index contributed by atoms with van der Waals surface area (Å²) in [7, 11) is 0. The second-order valence-corrected chi connectivity index (χ2v) is 2.88. The van der Waals surface area contributed by atoms with Gasteiger partial charge in [-0.2, -0.15) is 0 Å². The summed E-state index contributed by atoms with van der Waals surface area (Å²) < 4.78 is 5.14. The molecule has 0 amide bonds. The number of allylic oxidation sites excluding steroid dienone is 4. The Morgan fingerprint density at radius 1 is 1.38 bits per heavy atom. The van der Waals surface area contributed by atoms with Gasteiger partial charge in [-0.15, -0.1) is 0 Å². The zero-order valence-electron chi connectivity index (χ0n) is 8.52. The van der Waals surface area contributed by atoms with Gasteiger partial charge in [0.05, 0.1) is 5.76 Å². The lowest BCUT2D eigenvalue weighted by Crippen LogP contribution is -2.00. The van der Waals surface area contributed by atoms with Crippen molar-refractivity contribution in [3.05, 3.63) is 36.3 Å². The summed E-state index contributed by atoms with van der Waals surface area (Å²) in [6.45, 7) is 12.5. The highest BCUT2D eigenvalue weighted by Crippen LogP contribution is 2.10. The average Bonchev–Trinajstić information content (AvgIpc) is 2.02. The third kappa shape index (κ3) is 5.01. The first kappa shape index (κ1) is 11.7. The smallest absolute Gasteiger partial charge is 0.194 e. The molecular formula is C11H16O2. The maximum atomic E-state index is 11.1. The lowest BCUT2D eigenvalue weighted by Gasteiger charge is -2.06. The summed E-state index contributed by atoms with van der Waals surface area (Å²) in [5.74, 6) is 0.697. The zero-order valence-corrected chi connectivity index (χ0v) is 8.52. The number of carbonyl (C=O) groups is 1. The van der Waals surface area contributed by atoms with E-state index in [0.29, 0.717) is 11.5 Å². The summed E-state index contributed by atoms with van der Waals surface area (Å²) in [5.41, 5.74) is 0.867. The van der Waals surface area contributed by atoms with Crippen LogP contribution in [-0.4, -0.2) is 5.78 Å². The van der Waals surface area contributed by atoms with E-state index < -0.39 is 0 Å². The monoisotopic (exact) mass is 180 g/mol. The van der Waals surface area contributed by atoms with E-state index in [2.05, 4.69) is 13.2 Å². The zero-order chi connectivity index (χ0) is 10.4. The number of carbonyl (C=O) groups excluding carboxylic acids is 1. The predicted molar refractivity (Wildman–Crippen MR) is 54.1 cm³/mol. The lowest BCUT2D eigenvalue weighted by molar-refractivity contribution is -0.116. The third-order valence-electron chi connectivity index (χ3n) is 1.42. The minimum absolute atomic E-state index is 0.113. The highest BCUT2D eigenvalue weighted by Gasteiger charge is 2.05. The Hall–Kier alpha value is -1.31. The fourth-order valence-electron chi connectivity index (χ4n) is 0.678. The highest BCUT2D eigenvalue weighted by atomic mass is 16.5. The van der Waals surface area contributed by atoms with Crippen molar-refractivity contribution in [3.8, 4) is 0 Å². The molecule has 0 aromatic rings. The molecule has 0 aromatic carbocycles. The second kappa shape index (κ2) is 5.36. The first-order valence-corrected chi connectivity index (χ1v) is 4.21. The summed E-state index contributed by atoms with van der Waals surface area (Å²) >= 11 is 0. The molecule has 0 N–H and O–H groups in total. The van der Waals surface area contributed by atoms with Crippen molar-refractivity contribution >= 4 is 5.78 Å². The van der Waals surface area contributed by atoms with Gasteiger partial charge in [-0.3, -0.25) is 4.79 Å². The van der Waals surface area contributed by atoms with Gasteiger partial charge < -0.3 is 4.74 Å². The number of Topliss-reactive ketones (excluding diaryl/α,β-unsaturated/α-hetero) is 1. The van der Waals surface area contributed by atoms with Crippen LogP contribution in [0.4, 0.5) is 0 Å². The van der Waals surface area contributed by atoms with E-state index in [4.69, 9.17) is 4.74 Å². The molecule has 0 aliphatic heterocycles. The van der Waals surface area contributed by atoms with Crippen molar-refractivity contribution in [2.75, 3.05) is 0 Å². The molecule has 2 nitrogen and oxygen atoms in total. The van der Waals surface area contributed by atoms with Gasteiger partial charge >= 0.3 is 0 Å². The fraction of sp³-hybridized carbons (Fsp3) is 0.364. The molecule has 2 heteroatoms. The summed E-state index contributed by atoms with van der Waals surface area (Å²) in [5, 5.41) is 0. The molecule has 0 rings (SSSR count). The van der Waals surface area contributed by atoms with E-state index in [1.807, 2.05) is 6.92 Å².